The number of benzene rings is 2. The number of anilines is 2. The molecule has 8 heteroatoms. The summed E-state index contributed by atoms with van der Waals surface area (Å²) in [7, 11) is 0. The average molecular weight is 398 g/mol. The summed E-state index contributed by atoms with van der Waals surface area (Å²) in [5, 5.41) is 2.21. The summed E-state index contributed by atoms with van der Waals surface area (Å²) >= 11 is 1.17. The Hall–Kier alpha value is -3.00. The first-order valence-electron chi connectivity index (χ1n) is 8.76. The van der Waals surface area contributed by atoms with Gasteiger partial charge >= 0.3 is 0 Å². The molecule has 1 saturated heterocycles. The molecule has 0 unspecified atom stereocenters. The highest BCUT2D eigenvalue weighted by Gasteiger charge is 2.40. The molecule has 2 aromatic rings. The number of rotatable bonds is 5. The van der Waals surface area contributed by atoms with Crippen molar-refractivity contribution in [3.8, 4) is 11.5 Å². The van der Waals surface area contributed by atoms with Crippen molar-refractivity contribution < 1.29 is 23.9 Å². The number of hydrogen-bond acceptors (Lipinski definition) is 6. The Balaban J connectivity index is 1.37. The number of aryl methyl sites for hydroxylation is 1. The van der Waals surface area contributed by atoms with Crippen molar-refractivity contribution in [2.75, 3.05) is 22.8 Å². The first kappa shape index (κ1) is 18.4. The molecule has 0 aliphatic carbocycles. The van der Waals surface area contributed by atoms with E-state index < -0.39 is 5.25 Å². The smallest absolute Gasteiger partial charge is 0.247 e. The summed E-state index contributed by atoms with van der Waals surface area (Å²) in [4.78, 5) is 38.4. The fraction of sp³-hybridized carbons (Fsp3) is 0.250. The predicted octanol–water partition coefficient (Wildman–Crippen LogP) is 2.73. The zero-order chi connectivity index (χ0) is 19.7. The van der Waals surface area contributed by atoms with Crippen LogP contribution in [-0.2, 0) is 14.4 Å². The number of nitrogens with zero attached hydrogens (tertiary/aromatic N) is 1. The van der Waals surface area contributed by atoms with Gasteiger partial charge in [0, 0.05) is 18.2 Å². The summed E-state index contributed by atoms with van der Waals surface area (Å²) in [5.41, 5.74) is 2.25. The number of carbonyl (C=O) groups is 3. The fourth-order valence-corrected chi connectivity index (χ4v) is 3.97. The number of ether oxygens (including phenoxy) is 2. The quantitative estimate of drug-likeness (QED) is 0.780. The van der Waals surface area contributed by atoms with Crippen molar-refractivity contribution in [1.82, 2.24) is 0 Å². The molecule has 2 aliphatic heterocycles. The lowest BCUT2D eigenvalue weighted by atomic mass is 10.2. The minimum Gasteiger partial charge on any atom is -0.454 e. The highest BCUT2D eigenvalue weighted by molar-refractivity contribution is 8.01. The Morgan fingerprint density at radius 3 is 2.68 bits per heavy atom. The van der Waals surface area contributed by atoms with E-state index in [1.165, 1.54) is 11.8 Å². The van der Waals surface area contributed by atoms with Gasteiger partial charge in [-0.05, 0) is 31.2 Å². The van der Waals surface area contributed by atoms with Gasteiger partial charge in [-0.15, -0.1) is 11.8 Å². The summed E-state index contributed by atoms with van der Waals surface area (Å²) in [6.07, 6.45) is 0.0652. The van der Waals surface area contributed by atoms with Crippen molar-refractivity contribution in [3.05, 3.63) is 48.0 Å². The van der Waals surface area contributed by atoms with Crippen LogP contribution in [0.25, 0.3) is 0 Å². The Labute approximate surface area is 166 Å². The fourth-order valence-electron chi connectivity index (χ4n) is 3.04. The van der Waals surface area contributed by atoms with Crippen molar-refractivity contribution in [2.24, 2.45) is 0 Å². The molecule has 1 fully saturated rings. The molecule has 2 heterocycles. The number of hydrogen-bond donors (Lipinski definition) is 1. The van der Waals surface area contributed by atoms with E-state index in [0.29, 0.717) is 22.9 Å². The molecule has 4 rings (SSSR count). The van der Waals surface area contributed by atoms with Crippen LogP contribution in [0.15, 0.2) is 42.5 Å². The van der Waals surface area contributed by atoms with E-state index in [-0.39, 0.29) is 36.7 Å². The Kier molecular flexibility index (Phi) is 4.95. The van der Waals surface area contributed by atoms with Crippen LogP contribution < -0.4 is 19.7 Å². The van der Waals surface area contributed by atoms with Crippen LogP contribution >= 0.6 is 11.8 Å². The van der Waals surface area contributed by atoms with Crippen molar-refractivity contribution >= 4 is 40.9 Å². The second-order valence-corrected chi connectivity index (χ2v) is 7.71. The molecule has 0 radical (unpaired) electrons. The molecular formula is C20H18N2O5S. The standard InChI is InChI=1S/C20H18N2O5S/c1-12-2-4-13(5-3-12)21-18(23)10-28-17-9-19(24)22(20(17)25)14-6-7-15-16(8-14)27-11-26-15/h2-8,17H,9-11H2,1H3,(H,21,23)/t17-/m1/s1. The largest absolute Gasteiger partial charge is 0.454 e. The molecule has 0 spiro atoms. The number of nitrogens with one attached hydrogen (secondary N) is 1. The number of carbonyl (C=O) groups excluding carboxylic acids is 3. The molecule has 1 atom stereocenters. The lowest BCUT2D eigenvalue weighted by Crippen LogP contribution is -2.31. The van der Waals surface area contributed by atoms with Crippen LogP contribution in [0.5, 0.6) is 11.5 Å². The Bertz CT molecular complexity index is 944. The van der Waals surface area contributed by atoms with Crippen LogP contribution in [0.2, 0.25) is 0 Å². The molecule has 0 aromatic heterocycles. The first-order valence-corrected chi connectivity index (χ1v) is 9.81. The van der Waals surface area contributed by atoms with Crippen LogP contribution in [-0.4, -0.2) is 35.5 Å². The lowest BCUT2D eigenvalue weighted by molar-refractivity contribution is -0.121. The van der Waals surface area contributed by atoms with Gasteiger partial charge in [0.05, 0.1) is 16.7 Å². The first-order chi connectivity index (χ1) is 13.5. The predicted molar refractivity (Wildman–Crippen MR) is 106 cm³/mol. The molecule has 144 valence electrons. The van der Waals surface area contributed by atoms with E-state index >= 15 is 0 Å². The SMILES string of the molecule is Cc1ccc(NC(=O)CS[C@@H]2CC(=O)N(c3ccc4c(c3)OCO4)C2=O)cc1. The summed E-state index contributed by atoms with van der Waals surface area (Å²) in [5.74, 6) is 0.355. The molecular weight excluding hydrogens is 380 g/mol. The van der Waals surface area contributed by atoms with E-state index in [9.17, 15) is 14.4 Å². The molecule has 3 amide bonds. The summed E-state index contributed by atoms with van der Waals surface area (Å²) < 4.78 is 10.6. The van der Waals surface area contributed by atoms with Gasteiger partial charge in [-0.2, -0.15) is 0 Å². The van der Waals surface area contributed by atoms with E-state index in [1.54, 1.807) is 18.2 Å². The lowest BCUT2D eigenvalue weighted by Gasteiger charge is -2.15. The van der Waals surface area contributed by atoms with Gasteiger partial charge in [0.1, 0.15) is 0 Å². The third-order valence-electron chi connectivity index (χ3n) is 4.47. The second kappa shape index (κ2) is 7.55. The molecule has 2 aromatic carbocycles. The molecule has 28 heavy (non-hydrogen) atoms. The molecule has 7 nitrogen and oxygen atoms in total. The van der Waals surface area contributed by atoms with Crippen molar-refractivity contribution in [2.45, 2.75) is 18.6 Å². The Morgan fingerprint density at radius 1 is 1.14 bits per heavy atom. The number of thioether (sulfide) groups is 1. The number of fused-ring (bicyclic) bond motifs is 1. The van der Waals surface area contributed by atoms with Crippen LogP contribution in [0, 0.1) is 6.92 Å². The maximum absolute atomic E-state index is 12.7. The maximum atomic E-state index is 12.7. The molecule has 2 aliphatic rings. The van der Waals surface area contributed by atoms with E-state index in [2.05, 4.69) is 5.32 Å². The number of amides is 3. The van der Waals surface area contributed by atoms with Gasteiger partial charge < -0.3 is 14.8 Å². The van der Waals surface area contributed by atoms with E-state index in [0.717, 1.165) is 10.5 Å². The van der Waals surface area contributed by atoms with Crippen LogP contribution in [0.4, 0.5) is 11.4 Å². The normalized spacial score (nSPS) is 17.9. The number of imide groups is 1. The van der Waals surface area contributed by atoms with Gasteiger partial charge in [-0.1, -0.05) is 17.7 Å². The monoisotopic (exact) mass is 398 g/mol. The summed E-state index contributed by atoms with van der Waals surface area (Å²) in [6.45, 7) is 2.09. The third-order valence-corrected chi connectivity index (χ3v) is 5.67. The zero-order valence-electron chi connectivity index (χ0n) is 15.1. The Morgan fingerprint density at radius 2 is 1.89 bits per heavy atom. The van der Waals surface area contributed by atoms with E-state index in [1.807, 2.05) is 31.2 Å². The molecule has 1 N–H and O–H groups in total. The topological polar surface area (TPSA) is 84.9 Å². The summed E-state index contributed by atoms with van der Waals surface area (Å²) in [6, 6.07) is 12.4. The zero-order valence-corrected chi connectivity index (χ0v) is 16.0. The minimum atomic E-state index is -0.582. The van der Waals surface area contributed by atoms with Crippen molar-refractivity contribution in [1.29, 1.82) is 0 Å². The van der Waals surface area contributed by atoms with Gasteiger partial charge in [0.25, 0.3) is 0 Å². The van der Waals surface area contributed by atoms with Crippen LogP contribution in [0.1, 0.15) is 12.0 Å². The van der Waals surface area contributed by atoms with Gasteiger partial charge in [-0.3, -0.25) is 14.4 Å². The highest BCUT2D eigenvalue weighted by atomic mass is 32.2. The average Bonchev–Trinajstić information content (AvgIpc) is 3.25. The highest BCUT2D eigenvalue weighted by Crippen LogP contribution is 2.38. The molecule has 0 bridgehead atoms. The van der Waals surface area contributed by atoms with Crippen molar-refractivity contribution in [3.63, 3.8) is 0 Å². The van der Waals surface area contributed by atoms with Gasteiger partial charge in [-0.25, -0.2) is 4.90 Å². The second-order valence-electron chi connectivity index (χ2n) is 6.52. The maximum Gasteiger partial charge on any atom is 0.247 e. The molecule has 0 saturated carbocycles. The van der Waals surface area contributed by atoms with Gasteiger partial charge in [0.2, 0.25) is 24.5 Å². The van der Waals surface area contributed by atoms with E-state index in [4.69, 9.17) is 9.47 Å². The van der Waals surface area contributed by atoms with Crippen LogP contribution in [0.3, 0.4) is 0 Å². The third kappa shape index (κ3) is 3.68. The van der Waals surface area contributed by atoms with Gasteiger partial charge in [0.15, 0.2) is 11.5 Å². The minimum absolute atomic E-state index is 0.0652.